The molecule has 12 rings (SSSR count). The van der Waals surface area contributed by atoms with Gasteiger partial charge in [0.25, 0.3) is 0 Å². The number of aryl methyl sites for hydroxylation is 3. The molecule has 2 heterocycles. The van der Waals surface area contributed by atoms with E-state index < -0.39 is 0 Å². The molecule has 1 aliphatic carbocycles. The van der Waals surface area contributed by atoms with Gasteiger partial charge in [-0.1, -0.05) is 145 Å². The number of hydrogen-bond acceptors (Lipinski definition) is 2. The summed E-state index contributed by atoms with van der Waals surface area (Å²) >= 11 is 0. The van der Waals surface area contributed by atoms with E-state index in [1.165, 1.54) is 122 Å². The summed E-state index contributed by atoms with van der Waals surface area (Å²) in [5, 5.41) is 5.06. The minimum atomic E-state index is 0.931. The molecule has 9 aromatic carbocycles. The Labute approximate surface area is 352 Å². The van der Waals surface area contributed by atoms with Crippen molar-refractivity contribution >= 4 is 61.7 Å². The van der Waals surface area contributed by atoms with Crippen LogP contribution in [0.4, 0.5) is 34.1 Å². The molecular weight excluding hydrogens is 725 g/mol. The van der Waals surface area contributed by atoms with E-state index >= 15 is 0 Å². The SMILES string of the molecule is Cc1cc(C)cc(-c2c3ccc(N4c5ccccc5Cc5ccccc54)cc3c(-c3ccc4c(c3)CCC=C4)c3ccc(N4c5ccccc5Cc5ccccc54)cc23)c1. The van der Waals surface area contributed by atoms with Crippen molar-refractivity contribution in [2.24, 2.45) is 0 Å². The maximum Gasteiger partial charge on any atom is 0.0497 e. The normalized spacial score (nSPS) is 13.8. The molecule has 2 aliphatic heterocycles. The Balaban J connectivity index is 1.19. The summed E-state index contributed by atoms with van der Waals surface area (Å²) in [6.07, 6.45) is 8.60. The fourth-order valence-corrected chi connectivity index (χ4v) is 10.6. The van der Waals surface area contributed by atoms with Crippen LogP contribution in [0.15, 0.2) is 176 Å². The van der Waals surface area contributed by atoms with Crippen molar-refractivity contribution in [1.29, 1.82) is 0 Å². The Hall–Kier alpha value is -7.16. The van der Waals surface area contributed by atoms with E-state index in [1.54, 1.807) is 0 Å². The van der Waals surface area contributed by atoms with E-state index in [4.69, 9.17) is 0 Å². The van der Waals surface area contributed by atoms with Gasteiger partial charge in [0.05, 0.1) is 0 Å². The van der Waals surface area contributed by atoms with Crippen LogP contribution in [0.25, 0.3) is 49.9 Å². The van der Waals surface area contributed by atoms with E-state index in [-0.39, 0.29) is 0 Å². The largest absolute Gasteiger partial charge is 0.310 e. The second-order valence-electron chi connectivity index (χ2n) is 17.0. The number of benzene rings is 9. The zero-order valence-corrected chi connectivity index (χ0v) is 34.0. The predicted molar refractivity (Wildman–Crippen MR) is 254 cm³/mol. The molecule has 0 saturated carbocycles. The standard InChI is InChI=1S/C58H44N2/c1-37-29-38(2)31-46(30-37)58-50-28-26-47(59-53-19-9-5-15-41(53)33-42-16-6-10-20-54(42)59)35-51(50)57(45-24-23-39-13-3-4-14-40(39)32-45)49-27-25-48(36-52(49)58)60-55-21-11-7-17-43(55)34-44-18-8-12-22-56(44)60/h3,5-13,15-32,35-36H,4,14,33-34H2,1-2H3. The van der Waals surface area contributed by atoms with Gasteiger partial charge in [-0.3, -0.25) is 0 Å². The van der Waals surface area contributed by atoms with Crippen LogP contribution in [-0.2, 0) is 19.3 Å². The molecule has 3 aliphatic rings. The number of allylic oxidation sites excluding steroid dienone is 1. The lowest BCUT2D eigenvalue weighted by Gasteiger charge is -2.34. The van der Waals surface area contributed by atoms with Gasteiger partial charge in [0.2, 0.25) is 0 Å². The first kappa shape index (κ1) is 34.8. The summed E-state index contributed by atoms with van der Waals surface area (Å²) < 4.78 is 0. The number of rotatable bonds is 4. The summed E-state index contributed by atoms with van der Waals surface area (Å²) in [7, 11) is 0. The van der Waals surface area contributed by atoms with Crippen LogP contribution in [0.2, 0.25) is 0 Å². The minimum absolute atomic E-state index is 0.931. The Morgan fingerprint density at radius 3 is 1.35 bits per heavy atom. The van der Waals surface area contributed by atoms with Crippen LogP contribution in [0, 0.1) is 13.8 Å². The molecular formula is C58H44N2. The van der Waals surface area contributed by atoms with Crippen molar-refractivity contribution in [1.82, 2.24) is 0 Å². The van der Waals surface area contributed by atoms with Crippen molar-refractivity contribution in [3.63, 3.8) is 0 Å². The number of anilines is 6. The van der Waals surface area contributed by atoms with Gasteiger partial charge < -0.3 is 9.80 Å². The number of nitrogens with zero attached hydrogens (tertiary/aromatic N) is 2. The highest BCUT2D eigenvalue weighted by atomic mass is 15.2. The highest BCUT2D eigenvalue weighted by Gasteiger charge is 2.28. The van der Waals surface area contributed by atoms with Crippen LogP contribution < -0.4 is 9.80 Å². The number of para-hydroxylation sites is 4. The van der Waals surface area contributed by atoms with Gasteiger partial charge in [0.1, 0.15) is 0 Å². The minimum Gasteiger partial charge on any atom is -0.310 e. The molecule has 286 valence electrons. The Morgan fingerprint density at radius 2 is 0.850 bits per heavy atom. The molecule has 0 amide bonds. The van der Waals surface area contributed by atoms with E-state index in [0.29, 0.717) is 0 Å². The van der Waals surface area contributed by atoms with Crippen LogP contribution in [-0.4, -0.2) is 0 Å². The van der Waals surface area contributed by atoms with Gasteiger partial charge >= 0.3 is 0 Å². The van der Waals surface area contributed by atoms with Crippen molar-refractivity contribution in [2.45, 2.75) is 39.5 Å². The fourth-order valence-electron chi connectivity index (χ4n) is 10.6. The third-order valence-corrected chi connectivity index (χ3v) is 13.1. The second kappa shape index (κ2) is 13.7. The zero-order valence-electron chi connectivity index (χ0n) is 34.0. The zero-order chi connectivity index (χ0) is 39.9. The lowest BCUT2D eigenvalue weighted by Crippen LogP contribution is -2.18. The summed E-state index contributed by atoms with van der Waals surface area (Å²) in [5.74, 6) is 0. The summed E-state index contributed by atoms with van der Waals surface area (Å²) in [5.41, 5.74) is 23.1. The van der Waals surface area contributed by atoms with E-state index in [2.05, 4.69) is 206 Å². The second-order valence-corrected chi connectivity index (χ2v) is 17.0. The van der Waals surface area contributed by atoms with Gasteiger partial charge in [-0.2, -0.15) is 0 Å². The maximum absolute atomic E-state index is 2.49. The molecule has 0 atom stereocenters. The summed E-state index contributed by atoms with van der Waals surface area (Å²) in [4.78, 5) is 4.98. The Bertz CT molecular complexity index is 3150. The average molecular weight is 769 g/mol. The molecule has 0 spiro atoms. The van der Waals surface area contributed by atoms with Crippen LogP contribution in [0.3, 0.4) is 0 Å². The van der Waals surface area contributed by atoms with Crippen LogP contribution >= 0.6 is 0 Å². The quantitative estimate of drug-likeness (QED) is 0.165. The Morgan fingerprint density at radius 1 is 0.383 bits per heavy atom. The van der Waals surface area contributed by atoms with Gasteiger partial charge in [-0.25, -0.2) is 0 Å². The summed E-state index contributed by atoms with van der Waals surface area (Å²) in [6, 6.07) is 64.5. The van der Waals surface area contributed by atoms with Gasteiger partial charge in [-0.05, 0) is 152 Å². The van der Waals surface area contributed by atoms with E-state index in [0.717, 1.165) is 25.7 Å². The van der Waals surface area contributed by atoms with Crippen molar-refractivity contribution in [3.8, 4) is 22.3 Å². The van der Waals surface area contributed by atoms with E-state index in [1.807, 2.05) is 0 Å². The third-order valence-electron chi connectivity index (χ3n) is 13.1. The molecule has 0 saturated heterocycles. The lowest BCUT2D eigenvalue weighted by molar-refractivity contribution is 0.986. The van der Waals surface area contributed by atoms with Gasteiger partial charge in [-0.15, -0.1) is 0 Å². The Kier molecular flexibility index (Phi) is 7.96. The van der Waals surface area contributed by atoms with Crippen molar-refractivity contribution in [3.05, 3.63) is 220 Å². The monoisotopic (exact) mass is 768 g/mol. The first-order valence-corrected chi connectivity index (χ1v) is 21.4. The van der Waals surface area contributed by atoms with Crippen LogP contribution in [0.5, 0.6) is 0 Å². The highest BCUT2D eigenvalue weighted by molar-refractivity contribution is 6.23. The lowest BCUT2D eigenvalue weighted by atomic mass is 9.83. The molecule has 0 radical (unpaired) electrons. The molecule has 0 unspecified atom stereocenters. The maximum atomic E-state index is 2.49. The molecule has 9 aromatic rings. The van der Waals surface area contributed by atoms with Crippen molar-refractivity contribution in [2.75, 3.05) is 9.80 Å². The molecule has 60 heavy (non-hydrogen) atoms. The van der Waals surface area contributed by atoms with E-state index in [9.17, 15) is 0 Å². The topological polar surface area (TPSA) is 6.48 Å². The first-order chi connectivity index (χ1) is 29.6. The summed E-state index contributed by atoms with van der Waals surface area (Å²) in [6.45, 7) is 4.46. The predicted octanol–water partition coefficient (Wildman–Crippen LogP) is 15.7. The smallest absolute Gasteiger partial charge is 0.0497 e. The molecule has 2 heteroatoms. The van der Waals surface area contributed by atoms with Gasteiger partial charge in [0, 0.05) is 47.0 Å². The highest BCUT2D eigenvalue weighted by Crippen LogP contribution is 2.51. The molecule has 2 nitrogen and oxygen atoms in total. The van der Waals surface area contributed by atoms with Crippen LogP contribution in [0.1, 0.15) is 50.9 Å². The number of fused-ring (bicyclic) bond motifs is 7. The molecule has 0 aromatic heterocycles. The van der Waals surface area contributed by atoms with Crippen molar-refractivity contribution < 1.29 is 0 Å². The fraction of sp³-hybridized carbons (Fsp3) is 0.103. The molecule has 0 N–H and O–H groups in total. The molecule has 0 bridgehead atoms. The third kappa shape index (κ3) is 5.55. The first-order valence-electron chi connectivity index (χ1n) is 21.4. The molecule has 0 fully saturated rings. The van der Waals surface area contributed by atoms with Gasteiger partial charge in [0.15, 0.2) is 0 Å². The average Bonchev–Trinajstić information content (AvgIpc) is 3.28. The number of hydrogen-bond donors (Lipinski definition) is 0.